The van der Waals surface area contributed by atoms with Gasteiger partial charge in [-0.25, -0.2) is 0 Å². The van der Waals surface area contributed by atoms with Crippen LogP contribution in [0.25, 0.3) is 0 Å². The third-order valence-electron chi connectivity index (χ3n) is 21.3. The van der Waals surface area contributed by atoms with Gasteiger partial charge in [0.1, 0.15) is 12.1 Å². The van der Waals surface area contributed by atoms with Gasteiger partial charge in [0.15, 0.2) is 0 Å². The molecule has 592 valence electrons. The van der Waals surface area contributed by atoms with Gasteiger partial charge < -0.3 is 33.3 Å². The molecule has 12 heteroatoms. The predicted molar refractivity (Wildman–Crippen MR) is 423 cm³/mol. The molecule has 0 aromatic heterocycles. The second-order valence-corrected chi connectivity index (χ2v) is 31.5. The van der Waals surface area contributed by atoms with Crippen LogP contribution in [0.15, 0.2) is 0 Å². The third-order valence-corrected chi connectivity index (χ3v) is 21.3. The molecule has 0 amide bonds. The van der Waals surface area contributed by atoms with Crippen LogP contribution in [-0.4, -0.2) is 110 Å². The van der Waals surface area contributed by atoms with Crippen molar-refractivity contribution in [3.63, 3.8) is 0 Å². The van der Waals surface area contributed by atoms with E-state index in [0.717, 1.165) is 167 Å². The van der Waals surface area contributed by atoms with Crippen molar-refractivity contribution < 1.29 is 47.6 Å². The lowest BCUT2D eigenvalue weighted by Gasteiger charge is -2.37. The Labute approximate surface area is 620 Å². The van der Waals surface area contributed by atoms with Crippen molar-refractivity contribution in [2.45, 2.75) is 502 Å². The van der Waals surface area contributed by atoms with Crippen LogP contribution in [0.4, 0.5) is 0 Å². The lowest BCUT2D eigenvalue weighted by atomic mass is 9.97. The van der Waals surface area contributed by atoms with Crippen molar-refractivity contribution in [3.8, 4) is 0 Å². The van der Waals surface area contributed by atoms with Crippen LogP contribution < -0.4 is 0 Å². The maximum atomic E-state index is 14.2. The van der Waals surface area contributed by atoms with Crippen molar-refractivity contribution in [3.05, 3.63) is 0 Å². The summed E-state index contributed by atoms with van der Waals surface area (Å²) in [7, 11) is 3.90. The molecule has 0 radical (unpaired) electrons. The fourth-order valence-electron chi connectivity index (χ4n) is 14.9. The first-order valence-electron chi connectivity index (χ1n) is 44.3. The van der Waals surface area contributed by atoms with Crippen molar-refractivity contribution in [2.75, 3.05) is 40.3 Å². The molecular formula is C88H170N2O10. The zero-order valence-corrected chi connectivity index (χ0v) is 68.4. The van der Waals surface area contributed by atoms with Crippen molar-refractivity contribution in [1.29, 1.82) is 0 Å². The molecule has 1 rings (SSSR count). The van der Waals surface area contributed by atoms with Gasteiger partial charge >= 0.3 is 23.9 Å². The van der Waals surface area contributed by atoms with Gasteiger partial charge in [0.05, 0.1) is 25.2 Å². The number of nitrogens with zero attached hydrogens (tertiary/aromatic N) is 2. The van der Waals surface area contributed by atoms with Crippen LogP contribution in [0.3, 0.4) is 0 Å². The Morgan fingerprint density at radius 2 is 0.660 bits per heavy atom. The van der Waals surface area contributed by atoms with Crippen molar-refractivity contribution >= 4 is 23.9 Å². The summed E-state index contributed by atoms with van der Waals surface area (Å²) >= 11 is 0. The first kappa shape index (κ1) is 95.7. The van der Waals surface area contributed by atoms with Crippen molar-refractivity contribution in [1.82, 2.24) is 9.80 Å². The number of carbonyl (C=O) groups is 4. The molecule has 0 aromatic carbocycles. The highest BCUT2D eigenvalue weighted by Gasteiger charge is 2.41. The molecule has 2 unspecified atom stereocenters. The maximum absolute atomic E-state index is 14.2. The van der Waals surface area contributed by atoms with E-state index < -0.39 is 17.6 Å². The van der Waals surface area contributed by atoms with Crippen LogP contribution >= 0.6 is 0 Å². The summed E-state index contributed by atoms with van der Waals surface area (Å²) in [6.07, 6.45) is 68.4. The Kier molecular flexibility index (Phi) is 65.6. The molecule has 1 saturated heterocycles. The highest BCUT2D eigenvalue weighted by atomic mass is 16.7. The van der Waals surface area contributed by atoms with E-state index >= 15 is 0 Å². The lowest BCUT2D eigenvalue weighted by molar-refractivity contribution is -0.260. The number of unbranched alkanes of at least 4 members (excludes halogenated alkanes) is 42. The van der Waals surface area contributed by atoms with E-state index in [4.69, 9.17) is 28.4 Å². The third kappa shape index (κ3) is 54.3. The largest absolute Gasteiger partial charge is 0.465 e. The highest BCUT2D eigenvalue weighted by molar-refractivity contribution is 5.76. The number of rotatable bonds is 77. The molecule has 4 atom stereocenters. The Balaban J connectivity index is 3.15. The van der Waals surface area contributed by atoms with Gasteiger partial charge in [-0.1, -0.05) is 338 Å². The normalized spacial score (nSPS) is 15.3. The van der Waals surface area contributed by atoms with Gasteiger partial charge in [0, 0.05) is 58.0 Å². The summed E-state index contributed by atoms with van der Waals surface area (Å²) in [5, 5.41) is 0. The molecule has 100 heavy (non-hydrogen) atoms. The van der Waals surface area contributed by atoms with Gasteiger partial charge in [0.2, 0.25) is 11.6 Å². The number of carbonyl (C=O) groups excluding carboxylic acids is 4. The van der Waals surface area contributed by atoms with Gasteiger partial charge in [-0.15, -0.1) is 0 Å². The predicted octanol–water partition coefficient (Wildman–Crippen LogP) is 26.1. The Morgan fingerprint density at radius 1 is 0.360 bits per heavy atom. The molecule has 0 saturated carbocycles. The fourth-order valence-corrected chi connectivity index (χ4v) is 14.9. The molecule has 0 aliphatic carbocycles. The Morgan fingerprint density at radius 3 is 1.02 bits per heavy atom. The lowest BCUT2D eigenvalue weighted by Crippen LogP contribution is -2.42. The van der Waals surface area contributed by atoms with Crippen LogP contribution in [-0.2, 0) is 47.6 Å². The maximum Gasteiger partial charge on any atom is 0.323 e. The van der Waals surface area contributed by atoms with E-state index in [1.165, 1.54) is 212 Å². The molecular weight excluding hydrogens is 1240 g/mol. The van der Waals surface area contributed by atoms with Gasteiger partial charge in [-0.3, -0.25) is 24.1 Å². The molecule has 12 nitrogen and oxygen atoms in total. The summed E-state index contributed by atoms with van der Waals surface area (Å²) in [5.41, 5.74) is 0. The topological polar surface area (TPSA) is 130 Å². The second-order valence-electron chi connectivity index (χ2n) is 31.5. The van der Waals surface area contributed by atoms with Gasteiger partial charge in [0.25, 0.3) is 0 Å². The zero-order valence-electron chi connectivity index (χ0n) is 68.4. The number of ether oxygens (including phenoxy) is 6. The fraction of sp³-hybridized carbons (Fsp3) is 0.955. The minimum absolute atomic E-state index is 0.0940. The first-order chi connectivity index (χ1) is 48.8. The van der Waals surface area contributed by atoms with Crippen molar-refractivity contribution in [2.24, 2.45) is 0 Å². The molecule has 0 bridgehead atoms. The number of hydrogen-bond donors (Lipinski definition) is 0. The van der Waals surface area contributed by atoms with E-state index in [0.29, 0.717) is 58.3 Å². The van der Waals surface area contributed by atoms with E-state index in [-0.39, 0.29) is 42.2 Å². The quantitative estimate of drug-likeness (QED) is 0.0249. The minimum Gasteiger partial charge on any atom is -0.465 e. The van der Waals surface area contributed by atoms with E-state index in [2.05, 4.69) is 60.3 Å². The molecule has 0 aromatic rings. The van der Waals surface area contributed by atoms with E-state index in [1.807, 2.05) is 19.0 Å². The molecule has 0 spiro atoms. The number of hydrogen-bond acceptors (Lipinski definition) is 12. The zero-order chi connectivity index (χ0) is 73.1. The Hall–Kier alpha value is -2.28. The Bertz CT molecular complexity index is 1800. The van der Waals surface area contributed by atoms with Crippen LogP contribution in [0, 0.1) is 0 Å². The number of likely N-dealkylation sites (tertiary alicyclic amines) is 1. The molecule has 1 aliphatic heterocycles. The van der Waals surface area contributed by atoms with Crippen LogP contribution in [0.5, 0.6) is 0 Å². The second kappa shape index (κ2) is 68.5. The smallest absolute Gasteiger partial charge is 0.323 e. The average molecular weight is 1420 g/mol. The summed E-state index contributed by atoms with van der Waals surface area (Å²) < 4.78 is 40.3. The van der Waals surface area contributed by atoms with Crippen LogP contribution in [0.1, 0.15) is 466 Å². The highest BCUT2D eigenvalue weighted by Crippen LogP contribution is 2.36. The van der Waals surface area contributed by atoms with E-state index in [9.17, 15) is 19.2 Å². The SMILES string of the molecule is CCCCCCCCC(CCCCCC)OC(CCCCCC)(CCCCCCCC)OC(=O)CCCCCN1C[C@@H](OC(=O)CCN(C)C)C[C@H]1C(=O)OCCCCCCCC(=O)OC(CCCCCCCC)(CCCCCCCC)OC(CCCCCCCC)CCCCCCCC. The van der Waals surface area contributed by atoms with Crippen LogP contribution in [0.2, 0.25) is 0 Å². The monoisotopic (exact) mass is 1420 g/mol. The summed E-state index contributed by atoms with van der Waals surface area (Å²) in [5.74, 6) is -2.52. The number of esters is 4. The molecule has 0 N–H and O–H groups in total. The summed E-state index contributed by atoms with van der Waals surface area (Å²) in [4.78, 5) is 59.6. The molecule has 1 heterocycles. The minimum atomic E-state index is -0.891. The standard InChI is InChI=1S/C88H170N2O10/c1-11-19-27-35-42-52-64-79(63-51-33-25-17-7)97-87(70-57-34-26-18-8,71-58-46-38-30-22-14-4)100-85(93)68-56-50-61-74-90-78-81(96-83(91)69-75-89(9)10)77-82(90)86(94)95-76-62-49-41-45-55-67-84(92)99-88(72-59-47-39-31-23-15-5,73-60-48-40-32-24-16-6)98-80(65-53-43-36-28-20-12-2)66-54-44-37-29-21-13-3/h79-82H,11-78H2,1-10H3/t79?,81-,82-,87?/m0/s1. The summed E-state index contributed by atoms with van der Waals surface area (Å²) in [6.45, 7) is 20.3. The van der Waals surface area contributed by atoms with Gasteiger partial charge in [-0.05, 0) is 97.7 Å². The van der Waals surface area contributed by atoms with Gasteiger partial charge in [-0.2, -0.15) is 0 Å². The van der Waals surface area contributed by atoms with E-state index in [1.54, 1.807) is 0 Å². The molecule has 1 fully saturated rings. The average Bonchev–Trinajstić information content (AvgIpc) is 1.53. The molecule has 1 aliphatic rings. The summed E-state index contributed by atoms with van der Waals surface area (Å²) in [6, 6.07) is -0.499. The first-order valence-corrected chi connectivity index (χ1v) is 44.3.